The predicted octanol–water partition coefficient (Wildman–Crippen LogP) is 3.47. The molecule has 0 bridgehead atoms. The van der Waals surface area contributed by atoms with Crippen LogP contribution in [0, 0.1) is 5.92 Å². The molecule has 1 saturated carbocycles. The van der Waals surface area contributed by atoms with Crippen molar-refractivity contribution in [2.45, 2.75) is 63.6 Å². The molecule has 1 aliphatic carbocycles. The SMILES string of the molecule is CC1CCC(F)(C2CCCCC2)CO1. The minimum atomic E-state index is -0.993. The predicted molar refractivity (Wildman–Crippen MR) is 55.1 cm³/mol. The van der Waals surface area contributed by atoms with Crippen molar-refractivity contribution in [2.75, 3.05) is 6.61 Å². The van der Waals surface area contributed by atoms with Gasteiger partial charge in [0, 0.05) is 0 Å². The second-order valence-electron chi connectivity index (χ2n) is 5.03. The molecular formula is C12H21FO. The summed E-state index contributed by atoms with van der Waals surface area (Å²) in [6, 6.07) is 0. The highest BCUT2D eigenvalue weighted by atomic mass is 19.1. The van der Waals surface area contributed by atoms with Crippen LogP contribution in [-0.2, 0) is 4.74 Å². The second-order valence-corrected chi connectivity index (χ2v) is 5.03. The maximum atomic E-state index is 14.5. The molecule has 0 radical (unpaired) electrons. The fraction of sp³-hybridized carbons (Fsp3) is 1.00. The van der Waals surface area contributed by atoms with Gasteiger partial charge in [0.05, 0.1) is 12.7 Å². The van der Waals surface area contributed by atoms with Crippen LogP contribution in [0.5, 0.6) is 0 Å². The summed E-state index contributed by atoms with van der Waals surface area (Å²) in [5.74, 6) is 0.281. The molecule has 0 amide bonds. The molecule has 1 aliphatic heterocycles. The maximum absolute atomic E-state index is 14.5. The van der Waals surface area contributed by atoms with Crippen LogP contribution in [0.2, 0.25) is 0 Å². The fourth-order valence-corrected chi connectivity index (χ4v) is 2.82. The molecule has 2 fully saturated rings. The molecule has 1 nitrogen and oxygen atoms in total. The number of hydrogen-bond donors (Lipinski definition) is 0. The lowest BCUT2D eigenvalue weighted by molar-refractivity contribution is -0.103. The first kappa shape index (κ1) is 10.4. The van der Waals surface area contributed by atoms with Crippen LogP contribution >= 0.6 is 0 Å². The average molecular weight is 200 g/mol. The van der Waals surface area contributed by atoms with Gasteiger partial charge in [-0.1, -0.05) is 19.3 Å². The second kappa shape index (κ2) is 4.18. The highest BCUT2D eigenvalue weighted by Gasteiger charge is 2.42. The van der Waals surface area contributed by atoms with E-state index in [9.17, 15) is 4.39 Å². The fourth-order valence-electron chi connectivity index (χ4n) is 2.82. The molecule has 0 aromatic heterocycles. The average Bonchev–Trinajstić information content (AvgIpc) is 2.24. The van der Waals surface area contributed by atoms with Gasteiger partial charge < -0.3 is 4.74 Å². The highest BCUT2D eigenvalue weighted by Crippen LogP contribution is 2.41. The molecule has 0 spiro atoms. The standard InChI is InChI=1S/C12H21FO/c1-10-7-8-12(13,9-14-10)11-5-3-2-4-6-11/h10-11H,2-9H2,1H3. The van der Waals surface area contributed by atoms with Gasteiger partial charge in [-0.15, -0.1) is 0 Å². The minimum Gasteiger partial charge on any atom is -0.375 e. The van der Waals surface area contributed by atoms with Gasteiger partial charge in [0.25, 0.3) is 0 Å². The third-order valence-electron chi connectivity index (χ3n) is 3.91. The number of alkyl halides is 1. The molecule has 1 saturated heterocycles. The van der Waals surface area contributed by atoms with Crippen LogP contribution in [0.3, 0.4) is 0 Å². The summed E-state index contributed by atoms with van der Waals surface area (Å²) in [6.07, 6.45) is 7.76. The quantitative estimate of drug-likeness (QED) is 0.629. The summed E-state index contributed by atoms with van der Waals surface area (Å²) >= 11 is 0. The van der Waals surface area contributed by atoms with Crippen molar-refractivity contribution in [3.05, 3.63) is 0 Å². The van der Waals surface area contributed by atoms with Crippen LogP contribution < -0.4 is 0 Å². The van der Waals surface area contributed by atoms with E-state index in [0.717, 1.165) is 25.7 Å². The maximum Gasteiger partial charge on any atom is 0.137 e. The Hall–Kier alpha value is -0.110. The van der Waals surface area contributed by atoms with Crippen molar-refractivity contribution in [3.63, 3.8) is 0 Å². The normalized spacial score (nSPS) is 41.1. The van der Waals surface area contributed by atoms with Crippen molar-refractivity contribution >= 4 is 0 Å². The highest BCUT2D eigenvalue weighted by molar-refractivity contribution is 4.91. The van der Waals surface area contributed by atoms with Crippen LogP contribution in [-0.4, -0.2) is 18.4 Å². The number of hydrogen-bond acceptors (Lipinski definition) is 1. The van der Waals surface area contributed by atoms with Crippen molar-refractivity contribution in [1.82, 2.24) is 0 Å². The Kier molecular flexibility index (Phi) is 3.10. The van der Waals surface area contributed by atoms with Gasteiger partial charge in [-0.2, -0.15) is 0 Å². The molecule has 2 aliphatic rings. The van der Waals surface area contributed by atoms with Gasteiger partial charge in [0.1, 0.15) is 5.67 Å². The minimum absolute atomic E-state index is 0.266. The van der Waals surface area contributed by atoms with Gasteiger partial charge in [-0.3, -0.25) is 0 Å². The molecule has 0 aromatic rings. The van der Waals surface area contributed by atoms with E-state index in [4.69, 9.17) is 4.74 Å². The zero-order valence-electron chi connectivity index (χ0n) is 9.10. The summed E-state index contributed by atoms with van der Waals surface area (Å²) in [6.45, 7) is 2.39. The summed E-state index contributed by atoms with van der Waals surface area (Å²) in [5, 5.41) is 0. The zero-order chi connectivity index (χ0) is 10.0. The number of halogens is 1. The lowest BCUT2D eigenvalue weighted by Gasteiger charge is -2.40. The van der Waals surface area contributed by atoms with Crippen molar-refractivity contribution in [3.8, 4) is 0 Å². The summed E-state index contributed by atoms with van der Waals surface area (Å²) in [5.41, 5.74) is -0.993. The van der Waals surface area contributed by atoms with Gasteiger partial charge in [0.15, 0.2) is 0 Å². The van der Waals surface area contributed by atoms with Crippen LogP contribution in [0.25, 0.3) is 0 Å². The first-order valence-corrected chi connectivity index (χ1v) is 6.01. The third kappa shape index (κ3) is 2.10. The molecule has 2 rings (SSSR count). The van der Waals surface area contributed by atoms with E-state index < -0.39 is 5.67 Å². The number of rotatable bonds is 1. The first-order chi connectivity index (χ1) is 6.71. The van der Waals surface area contributed by atoms with E-state index in [-0.39, 0.29) is 12.0 Å². The lowest BCUT2D eigenvalue weighted by Crippen LogP contribution is -2.44. The van der Waals surface area contributed by atoms with Gasteiger partial charge in [-0.05, 0) is 38.5 Å². The van der Waals surface area contributed by atoms with E-state index >= 15 is 0 Å². The Morgan fingerprint density at radius 3 is 2.43 bits per heavy atom. The van der Waals surface area contributed by atoms with E-state index in [1.165, 1.54) is 19.3 Å². The molecule has 2 heteroatoms. The number of ether oxygens (including phenoxy) is 1. The molecule has 2 atom stereocenters. The van der Waals surface area contributed by atoms with Crippen molar-refractivity contribution in [1.29, 1.82) is 0 Å². The molecule has 0 N–H and O–H groups in total. The Balaban J connectivity index is 1.93. The largest absolute Gasteiger partial charge is 0.375 e. The Morgan fingerprint density at radius 2 is 1.86 bits per heavy atom. The zero-order valence-corrected chi connectivity index (χ0v) is 9.10. The Labute approximate surface area is 86.0 Å². The van der Waals surface area contributed by atoms with Crippen molar-refractivity contribution in [2.24, 2.45) is 5.92 Å². The molecule has 2 unspecified atom stereocenters. The molecule has 0 aromatic carbocycles. The monoisotopic (exact) mass is 200 g/mol. The third-order valence-corrected chi connectivity index (χ3v) is 3.91. The lowest BCUT2D eigenvalue weighted by atomic mass is 9.75. The molecule has 14 heavy (non-hydrogen) atoms. The summed E-state index contributed by atoms with van der Waals surface area (Å²) in [7, 11) is 0. The van der Waals surface area contributed by atoms with E-state index in [1.807, 2.05) is 6.92 Å². The van der Waals surface area contributed by atoms with E-state index in [1.54, 1.807) is 0 Å². The van der Waals surface area contributed by atoms with Gasteiger partial charge in [0.2, 0.25) is 0 Å². The summed E-state index contributed by atoms with van der Waals surface area (Å²) < 4.78 is 20.0. The Morgan fingerprint density at radius 1 is 1.14 bits per heavy atom. The van der Waals surface area contributed by atoms with Gasteiger partial charge in [-0.25, -0.2) is 4.39 Å². The van der Waals surface area contributed by atoms with Gasteiger partial charge >= 0.3 is 0 Å². The van der Waals surface area contributed by atoms with Crippen LogP contribution in [0.15, 0.2) is 0 Å². The molecule has 82 valence electrons. The molecule has 1 heterocycles. The first-order valence-electron chi connectivity index (χ1n) is 6.01. The van der Waals surface area contributed by atoms with Crippen LogP contribution in [0.4, 0.5) is 4.39 Å². The molecular weight excluding hydrogens is 179 g/mol. The van der Waals surface area contributed by atoms with E-state index in [0.29, 0.717) is 6.61 Å². The van der Waals surface area contributed by atoms with Crippen molar-refractivity contribution < 1.29 is 9.13 Å². The van der Waals surface area contributed by atoms with Crippen LogP contribution in [0.1, 0.15) is 51.9 Å². The topological polar surface area (TPSA) is 9.23 Å². The summed E-state index contributed by atoms with van der Waals surface area (Å²) in [4.78, 5) is 0. The van der Waals surface area contributed by atoms with E-state index in [2.05, 4.69) is 0 Å². The smallest absolute Gasteiger partial charge is 0.137 e. The Bertz CT molecular complexity index is 179.